The number of hydrogen-bond donors (Lipinski definition) is 0. The fourth-order valence-corrected chi connectivity index (χ4v) is 14.3. The van der Waals surface area contributed by atoms with Crippen molar-refractivity contribution in [2.75, 3.05) is 0 Å². The molecule has 0 fully saturated rings. The zero-order chi connectivity index (χ0) is 42.2. The highest BCUT2D eigenvalue weighted by Gasteiger charge is 2.40. The lowest BCUT2D eigenvalue weighted by Gasteiger charge is -2.41. The summed E-state index contributed by atoms with van der Waals surface area (Å²) in [6.07, 6.45) is 25.9. The van der Waals surface area contributed by atoms with E-state index in [0.29, 0.717) is 12.2 Å². The number of rotatable bonds is 16. The van der Waals surface area contributed by atoms with Gasteiger partial charge < -0.3 is 8.85 Å². The van der Waals surface area contributed by atoms with Gasteiger partial charge in [0, 0.05) is 23.4 Å². The quantitative estimate of drug-likeness (QED) is 0.0880. The van der Waals surface area contributed by atoms with Gasteiger partial charge in [-0.15, -0.1) is 0 Å². The second kappa shape index (κ2) is 22.9. The van der Waals surface area contributed by atoms with Crippen molar-refractivity contribution in [3.05, 3.63) is 105 Å². The van der Waals surface area contributed by atoms with Gasteiger partial charge in [0.05, 0.1) is 0 Å². The zero-order valence-electron chi connectivity index (χ0n) is 38.8. The third-order valence-corrected chi connectivity index (χ3v) is 21.9. The first kappa shape index (κ1) is 49.3. The highest BCUT2D eigenvalue weighted by molar-refractivity contribution is 6.74. The Morgan fingerprint density at radius 2 is 0.875 bits per heavy atom. The molecule has 0 heterocycles. The summed E-state index contributed by atoms with van der Waals surface area (Å²) in [5, 5.41) is 0. The molecular weight excluding hydrogens is 713 g/mol. The molecule has 4 heteroatoms. The summed E-state index contributed by atoms with van der Waals surface area (Å²) >= 11 is 0. The Bertz CT molecular complexity index is 1590. The maximum atomic E-state index is 6.91. The maximum absolute atomic E-state index is 6.91. The lowest BCUT2D eigenvalue weighted by Crippen LogP contribution is -2.43. The van der Waals surface area contributed by atoms with Crippen LogP contribution in [0.2, 0.25) is 36.3 Å². The normalized spacial score (nSPS) is 21.6. The molecule has 0 unspecified atom stereocenters. The van der Waals surface area contributed by atoms with E-state index in [0.717, 1.165) is 36.8 Å². The predicted octanol–water partition coefficient (Wildman–Crippen LogP) is 15.5. The van der Waals surface area contributed by atoms with Crippen LogP contribution in [0.25, 0.3) is 0 Å². The van der Waals surface area contributed by atoms with Gasteiger partial charge in [0.2, 0.25) is 0 Å². The monoisotopic (exact) mass is 793 g/mol. The van der Waals surface area contributed by atoms with E-state index >= 15 is 0 Å². The van der Waals surface area contributed by atoms with Crippen LogP contribution >= 0.6 is 0 Å². The van der Waals surface area contributed by atoms with Crippen LogP contribution in [0.5, 0.6) is 0 Å². The molecule has 0 N–H and O–H groups in total. The van der Waals surface area contributed by atoms with Crippen molar-refractivity contribution < 1.29 is 8.85 Å². The van der Waals surface area contributed by atoms with Crippen molar-refractivity contribution in [1.29, 1.82) is 0 Å². The van der Waals surface area contributed by atoms with Crippen molar-refractivity contribution in [3.63, 3.8) is 0 Å². The molecule has 0 saturated heterocycles. The number of allylic oxidation sites excluding steroid dienone is 16. The SMILES string of the molecule is CC[Si](CC)(CC)O[C@@H]1CC(C)=C(C#C/C(C)=C/C=C/C(C)=C/C=C/C=C(C)/C=C/C=C(\C)C#CC2=C(C)C[C@@H](O[Si](CC)(CC)CC)CC2(C)C)C(C)(C)C1. The summed E-state index contributed by atoms with van der Waals surface area (Å²) in [4.78, 5) is 0. The predicted molar refractivity (Wildman–Crippen MR) is 254 cm³/mol. The zero-order valence-corrected chi connectivity index (χ0v) is 40.8. The molecule has 2 nitrogen and oxygen atoms in total. The second-order valence-corrected chi connectivity index (χ2v) is 27.4. The standard InChI is InChI=1S/C52H80O2Si2/c1-17-55(18-2,19-3)53-47-37-45(11)49(51(13,14)39-47)35-33-43(9)31-25-29-41(7)27-23-24-28-42(8)30-26-32-44(10)34-36-50-46(12)38-48(40-52(50,15)16)54-56(20-4,21-5)22-6/h23-32,47-48H,17-22,37-40H2,1-16H3/b24-23+,29-25+,30-26+,41-27+,42-28+,43-31+,44-32+/t47-,48-/m1/s1. The van der Waals surface area contributed by atoms with Crippen molar-refractivity contribution in [1.82, 2.24) is 0 Å². The second-order valence-electron chi connectivity index (χ2n) is 18.0. The maximum Gasteiger partial charge on any atom is 0.192 e. The molecule has 56 heavy (non-hydrogen) atoms. The average molecular weight is 793 g/mol. The molecule has 0 aromatic rings. The molecule has 0 aromatic heterocycles. The summed E-state index contributed by atoms with van der Waals surface area (Å²) in [6, 6.07) is 7.21. The van der Waals surface area contributed by atoms with Crippen molar-refractivity contribution in [2.45, 2.75) is 185 Å². The van der Waals surface area contributed by atoms with Crippen LogP contribution in [-0.2, 0) is 8.85 Å². The van der Waals surface area contributed by atoms with Crippen molar-refractivity contribution >= 4 is 16.6 Å². The Hall–Kier alpha value is -2.87. The van der Waals surface area contributed by atoms with Crippen LogP contribution in [0.4, 0.5) is 0 Å². The van der Waals surface area contributed by atoms with Gasteiger partial charge >= 0.3 is 0 Å². The summed E-state index contributed by atoms with van der Waals surface area (Å²) in [5.74, 6) is 14.0. The molecule has 2 aliphatic rings. The van der Waals surface area contributed by atoms with E-state index < -0.39 is 16.6 Å². The van der Waals surface area contributed by atoms with Crippen molar-refractivity contribution in [3.8, 4) is 23.7 Å². The van der Waals surface area contributed by atoms with Crippen LogP contribution < -0.4 is 0 Å². The molecule has 2 rings (SSSR count). The van der Waals surface area contributed by atoms with E-state index in [2.05, 4.69) is 195 Å². The molecule has 0 saturated carbocycles. The van der Waals surface area contributed by atoms with Gasteiger partial charge in [-0.2, -0.15) is 0 Å². The fraction of sp³-hybridized carbons (Fsp3) is 0.577. The molecule has 308 valence electrons. The molecule has 0 aliphatic heterocycles. The van der Waals surface area contributed by atoms with Crippen LogP contribution in [0, 0.1) is 34.5 Å². The van der Waals surface area contributed by atoms with Gasteiger partial charge in [-0.25, -0.2) is 0 Å². The van der Waals surface area contributed by atoms with E-state index in [1.165, 1.54) is 69.7 Å². The molecule has 0 amide bonds. The molecule has 2 atom stereocenters. The summed E-state index contributed by atoms with van der Waals surface area (Å²) in [6.45, 7) is 36.2. The molecule has 0 aromatic carbocycles. The smallest absolute Gasteiger partial charge is 0.192 e. The summed E-state index contributed by atoms with van der Waals surface area (Å²) in [7, 11) is -3.24. The molecule has 0 spiro atoms. The molecular formula is C52H80O2Si2. The first-order valence-electron chi connectivity index (χ1n) is 21.9. The van der Waals surface area contributed by atoms with Gasteiger partial charge in [-0.3, -0.25) is 0 Å². The summed E-state index contributed by atoms with van der Waals surface area (Å²) < 4.78 is 13.8. The van der Waals surface area contributed by atoms with Crippen LogP contribution in [0.3, 0.4) is 0 Å². The molecule has 2 aliphatic carbocycles. The van der Waals surface area contributed by atoms with Gasteiger partial charge in [-0.05, 0) is 125 Å². The Morgan fingerprint density at radius 1 is 0.554 bits per heavy atom. The molecule has 0 bridgehead atoms. The third kappa shape index (κ3) is 15.1. The number of hydrogen-bond acceptors (Lipinski definition) is 2. The highest BCUT2D eigenvalue weighted by atomic mass is 28.4. The van der Waals surface area contributed by atoms with Crippen LogP contribution in [-0.4, -0.2) is 28.8 Å². The van der Waals surface area contributed by atoms with E-state index in [-0.39, 0.29) is 10.8 Å². The average Bonchev–Trinajstić information content (AvgIpc) is 3.13. The van der Waals surface area contributed by atoms with Crippen LogP contribution in [0.1, 0.15) is 136 Å². The largest absolute Gasteiger partial charge is 0.414 e. The Balaban J connectivity index is 1.99. The third-order valence-electron chi connectivity index (χ3n) is 12.5. The van der Waals surface area contributed by atoms with Gasteiger partial charge in [-0.1, -0.05) is 176 Å². The topological polar surface area (TPSA) is 18.5 Å². The van der Waals surface area contributed by atoms with E-state index in [1.54, 1.807) is 0 Å². The summed E-state index contributed by atoms with van der Waals surface area (Å²) in [5.41, 5.74) is 9.94. The van der Waals surface area contributed by atoms with Crippen molar-refractivity contribution in [2.24, 2.45) is 10.8 Å². The molecule has 0 radical (unpaired) electrons. The van der Waals surface area contributed by atoms with E-state index in [1.807, 2.05) is 0 Å². The van der Waals surface area contributed by atoms with Crippen LogP contribution in [0.15, 0.2) is 105 Å². The Morgan fingerprint density at radius 3 is 1.16 bits per heavy atom. The lowest BCUT2D eigenvalue weighted by molar-refractivity contribution is 0.128. The first-order valence-corrected chi connectivity index (χ1v) is 26.9. The van der Waals surface area contributed by atoms with Gasteiger partial charge in [0.15, 0.2) is 16.6 Å². The minimum atomic E-state index is -1.62. The van der Waals surface area contributed by atoms with Gasteiger partial charge in [0.1, 0.15) is 0 Å². The minimum absolute atomic E-state index is 0.0287. The minimum Gasteiger partial charge on any atom is -0.414 e. The van der Waals surface area contributed by atoms with E-state index in [4.69, 9.17) is 8.85 Å². The lowest BCUT2D eigenvalue weighted by atomic mass is 9.72. The Labute approximate surface area is 348 Å². The fourth-order valence-electron chi connectivity index (χ4n) is 8.57. The van der Waals surface area contributed by atoms with Gasteiger partial charge in [0.25, 0.3) is 0 Å². The first-order chi connectivity index (χ1) is 26.3. The highest BCUT2D eigenvalue weighted by Crippen LogP contribution is 2.44. The van der Waals surface area contributed by atoms with E-state index in [9.17, 15) is 0 Å². The Kier molecular flexibility index (Phi) is 20.2.